The first-order chi connectivity index (χ1) is 6.02. The molecule has 5 heteroatoms. The van der Waals surface area contributed by atoms with E-state index in [1.165, 1.54) is 0 Å². The molecule has 80 valence electrons. The van der Waals surface area contributed by atoms with Crippen LogP contribution in [0.4, 0.5) is 0 Å². The highest BCUT2D eigenvalue weighted by Gasteiger charge is 2.14. The molecule has 0 aliphatic heterocycles. The van der Waals surface area contributed by atoms with Crippen LogP contribution in [0.3, 0.4) is 0 Å². The van der Waals surface area contributed by atoms with E-state index in [2.05, 4.69) is 15.9 Å². The van der Waals surface area contributed by atoms with Gasteiger partial charge in [0.05, 0.1) is 12.1 Å². The third kappa shape index (κ3) is 3.41. The number of aliphatic hydroxyl groups is 1. The number of aliphatic hydroxyl groups excluding tert-OH is 1. The van der Waals surface area contributed by atoms with Gasteiger partial charge in [-0.3, -0.25) is 0 Å². The molecule has 0 aromatic heterocycles. The standard InChI is InChI=1S/C9H11BrClNO.ClH/c1-5(13)9(12)7-3-2-6(11)4-8(7)10;/h2-5,9,13H,12H2,1H3;1H/t5-,9-;/m0./s1. The lowest BCUT2D eigenvalue weighted by Gasteiger charge is -2.16. The first-order valence-corrected chi connectivity index (χ1v) is 5.08. The van der Waals surface area contributed by atoms with Crippen LogP contribution in [0.2, 0.25) is 5.02 Å². The molecule has 0 aliphatic rings. The molecule has 0 spiro atoms. The maximum atomic E-state index is 9.29. The fourth-order valence-electron chi connectivity index (χ4n) is 1.03. The summed E-state index contributed by atoms with van der Waals surface area (Å²) in [6.07, 6.45) is -0.572. The fraction of sp³-hybridized carbons (Fsp3) is 0.333. The summed E-state index contributed by atoms with van der Waals surface area (Å²) in [7, 11) is 0. The van der Waals surface area contributed by atoms with Crippen LogP contribution in [0.25, 0.3) is 0 Å². The highest BCUT2D eigenvalue weighted by atomic mass is 79.9. The average molecular weight is 301 g/mol. The summed E-state index contributed by atoms with van der Waals surface area (Å²) < 4.78 is 0.827. The number of halogens is 3. The molecule has 0 saturated heterocycles. The molecule has 2 nitrogen and oxygen atoms in total. The van der Waals surface area contributed by atoms with Crippen LogP contribution in [0.5, 0.6) is 0 Å². The van der Waals surface area contributed by atoms with Crippen LogP contribution >= 0.6 is 39.9 Å². The van der Waals surface area contributed by atoms with E-state index >= 15 is 0 Å². The van der Waals surface area contributed by atoms with E-state index in [1.807, 2.05) is 6.07 Å². The van der Waals surface area contributed by atoms with Crippen molar-refractivity contribution in [3.63, 3.8) is 0 Å². The van der Waals surface area contributed by atoms with Gasteiger partial charge in [-0.15, -0.1) is 12.4 Å². The second-order valence-electron chi connectivity index (χ2n) is 2.93. The summed E-state index contributed by atoms with van der Waals surface area (Å²) >= 11 is 9.11. The predicted octanol–water partition coefficient (Wildman–Crippen LogP) is 2.90. The highest BCUT2D eigenvalue weighted by molar-refractivity contribution is 9.10. The number of nitrogens with two attached hydrogens (primary N) is 1. The summed E-state index contributed by atoms with van der Waals surface area (Å²) in [6, 6.07) is 4.94. The van der Waals surface area contributed by atoms with Gasteiger partial charge in [0, 0.05) is 9.50 Å². The topological polar surface area (TPSA) is 46.2 Å². The lowest BCUT2D eigenvalue weighted by atomic mass is 10.0. The van der Waals surface area contributed by atoms with E-state index in [0.717, 1.165) is 10.0 Å². The van der Waals surface area contributed by atoms with Crippen molar-refractivity contribution in [3.05, 3.63) is 33.3 Å². The zero-order valence-corrected chi connectivity index (χ0v) is 10.7. The minimum absolute atomic E-state index is 0. The lowest BCUT2D eigenvalue weighted by molar-refractivity contribution is 0.164. The van der Waals surface area contributed by atoms with Gasteiger partial charge in [-0.25, -0.2) is 0 Å². The molecule has 0 radical (unpaired) electrons. The minimum atomic E-state index is -0.572. The van der Waals surface area contributed by atoms with Crippen molar-refractivity contribution in [1.29, 1.82) is 0 Å². The lowest BCUT2D eigenvalue weighted by Crippen LogP contribution is -2.23. The van der Waals surface area contributed by atoms with Gasteiger partial charge in [0.1, 0.15) is 0 Å². The number of hydrogen-bond donors (Lipinski definition) is 2. The summed E-state index contributed by atoms with van der Waals surface area (Å²) in [6.45, 7) is 1.66. The van der Waals surface area contributed by atoms with Crippen molar-refractivity contribution in [2.75, 3.05) is 0 Å². The molecule has 3 N–H and O–H groups in total. The van der Waals surface area contributed by atoms with Crippen molar-refractivity contribution in [2.24, 2.45) is 5.73 Å². The van der Waals surface area contributed by atoms with Crippen molar-refractivity contribution in [2.45, 2.75) is 19.1 Å². The number of benzene rings is 1. The molecule has 0 aliphatic carbocycles. The van der Waals surface area contributed by atoms with E-state index in [4.69, 9.17) is 17.3 Å². The Morgan fingerprint density at radius 3 is 2.50 bits per heavy atom. The van der Waals surface area contributed by atoms with E-state index in [0.29, 0.717) is 5.02 Å². The Balaban J connectivity index is 0.00000169. The Morgan fingerprint density at radius 1 is 1.50 bits per heavy atom. The summed E-state index contributed by atoms with van der Waals surface area (Å²) in [5, 5.41) is 9.94. The molecule has 1 aromatic carbocycles. The van der Waals surface area contributed by atoms with E-state index < -0.39 is 6.10 Å². The molecule has 0 saturated carbocycles. The van der Waals surface area contributed by atoms with Crippen LogP contribution in [0.15, 0.2) is 22.7 Å². The molecule has 0 heterocycles. The summed E-state index contributed by atoms with van der Waals surface area (Å²) in [5.74, 6) is 0. The fourth-order valence-corrected chi connectivity index (χ4v) is 1.98. The Labute approximate surface area is 103 Å². The predicted molar refractivity (Wildman–Crippen MR) is 65.0 cm³/mol. The third-order valence-electron chi connectivity index (χ3n) is 1.84. The SMILES string of the molecule is C[C@H](O)[C@H](N)c1ccc(Cl)cc1Br.Cl. The monoisotopic (exact) mass is 299 g/mol. The zero-order valence-electron chi connectivity index (χ0n) is 7.58. The van der Waals surface area contributed by atoms with Crippen LogP contribution in [0.1, 0.15) is 18.5 Å². The van der Waals surface area contributed by atoms with Gasteiger partial charge in [0.2, 0.25) is 0 Å². The molecule has 1 aromatic rings. The first kappa shape index (κ1) is 14.2. The smallest absolute Gasteiger partial charge is 0.0705 e. The van der Waals surface area contributed by atoms with Gasteiger partial charge in [0.25, 0.3) is 0 Å². The summed E-state index contributed by atoms with van der Waals surface area (Å²) in [5.41, 5.74) is 6.63. The molecule has 14 heavy (non-hydrogen) atoms. The molecule has 1 rings (SSSR count). The van der Waals surface area contributed by atoms with Gasteiger partial charge in [-0.1, -0.05) is 33.6 Å². The maximum absolute atomic E-state index is 9.29. The van der Waals surface area contributed by atoms with Crippen molar-refractivity contribution in [1.82, 2.24) is 0 Å². The highest BCUT2D eigenvalue weighted by Crippen LogP contribution is 2.26. The van der Waals surface area contributed by atoms with Gasteiger partial charge < -0.3 is 10.8 Å². The molecular weight excluding hydrogens is 289 g/mol. The third-order valence-corrected chi connectivity index (χ3v) is 2.76. The molecule has 0 fully saturated rings. The second kappa shape index (κ2) is 5.93. The van der Waals surface area contributed by atoms with E-state index in [1.54, 1.807) is 19.1 Å². The zero-order chi connectivity index (χ0) is 10.0. The largest absolute Gasteiger partial charge is 0.391 e. The Morgan fingerprint density at radius 2 is 2.07 bits per heavy atom. The molecule has 0 unspecified atom stereocenters. The Hall–Kier alpha value is 0.200. The average Bonchev–Trinajstić information content (AvgIpc) is 2.03. The van der Waals surface area contributed by atoms with Crippen molar-refractivity contribution in [3.8, 4) is 0 Å². The van der Waals surface area contributed by atoms with Gasteiger partial charge >= 0.3 is 0 Å². The van der Waals surface area contributed by atoms with E-state index in [-0.39, 0.29) is 18.4 Å². The van der Waals surface area contributed by atoms with Gasteiger partial charge in [-0.2, -0.15) is 0 Å². The molecule has 0 bridgehead atoms. The quantitative estimate of drug-likeness (QED) is 0.882. The molecule has 0 amide bonds. The molecule has 2 atom stereocenters. The van der Waals surface area contributed by atoms with Crippen molar-refractivity contribution >= 4 is 39.9 Å². The van der Waals surface area contributed by atoms with Gasteiger partial charge in [0.15, 0.2) is 0 Å². The second-order valence-corrected chi connectivity index (χ2v) is 4.22. The minimum Gasteiger partial charge on any atom is -0.391 e. The van der Waals surface area contributed by atoms with Gasteiger partial charge in [-0.05, 0) is 24.6 Å². The Kier molecular flexibility index (Phi) is 6.02. The van der Waals surface area contributed by atoms with E-state index in [9.17, 15) is 5.11 Å². The van der Waals surface area contributed by atoms with Crippen molar-refractivity contribution < 1.29 is 5.11 Å². The normalized spacial score (nSPS) is 14.4. The number of hydrogen-bond acceptors (Lipinski definition) is 2. The Bertz CT molecular complexity index is 307. The van der Waals surface area contributed by atoms with Crippen LogP contribution in [-0.2, 0) is 0 Å². The first-order valence-electron chi connectivity index (χ1n) is 3.91. The summed E-state index contributed by atoms with van der Waals surface area (Å²) in [4.78, 5) is 0. The molecular formula is C9H12BrCl2NO. The van der Waals surface area contributed by atoms with Crippen LogP contribution in [0, 0.1) is 0 Å². The maximum Gasteiger partial charge on any atom is 0.0705 e. The van der Waals surface area contributed by atoms with Crippen LogP contribution < -0.4 is 5.73 Å². The van der Waals surface area contributed by atoms with Crippen LogP contribution in [-0.4, -0.2) is 11.2 Å². The number of rotatable bonds is 2.